The number of hydrogen-bond donors (Lipinski definition) is 2. The van der Waals surface area contributed by atoms with E-state index < -0.39 is 62.8 Å². The minimum Gasteiger partial charge on any atom is -0.381 e. The van der Waals surface area contributed by atoms with Crippen molar-refractivity contribution in [3.05, 3.63) is 42.0 Å². The zero-order valence-electron chi connectivity index (χ0n) is 25.7. The van der Waals surface area contributed by atoms with Crippen LogP contribution in [0, 0.1) is 40.4 Å². The van der Waals surface area contributed by atoms with Crippen molar-refractivity contribution in [2.75, 3.05) is 0 Å². The first-order valence-corrected chi connectivity index (χ1v) is 17.2. The number of fused-ring (bicyclic) bond motifs is 5. The minimum atomic E-state index is -5.02. The maximum absolute atomic E-state index is 14.0. The molecule has 4 aliphatic carbocycles. The summed E-state index contributed by atoms with van der Waals surface area (Å²) in [6, 6.07) is 7.43. The Morgan fingerprint density at radius 2 is 1.59 bits per heavy atom. The maximum Gasteiger partial charge on any atom is 0.417 e. The van der Waals surface area contributed by atoms with Crippen LogP contribution in [0.5, 0.6) is 0 Å². The predicted molar refractivity (Wildman–Crippen MR) is 154 cm³/mol. The van der Waals surface area contributed by atoms with E-state index in [9.17, 15) is 45.0 Å². The third kappa shape index (κ3) is 5.24. The van der Waals surface area contributed by atoms with E-state index in [0.717, 1.165) is 12.8 Å². The fourth-order valence-corrected chi connectivity index (χ4v) is 12.1. The fourth-order valence-electron chi connectivity index (χ4n) is 9.92. The Hall–Kier alpha value is -1.59. The highest BCUT2D eigenvalue weighted by molar-refractivity contribution is 7.92. The van der Waals surface area contributed by atoms with E-state index >= 15 is 0 Å². The van der Waals surface area contributed by atoms with Crippen LogP contribution in [-0.2, 0) is 9.84 Å². The highest BCUT2D eigenvalue weighted by atomic mass is 32.2. The Bertz CT molecular complexity index is 1370. The molecule has 10 atom stereocenters. The highest BCUT2D eigenvalue weighted by Gasteiger charge is 2.64. The number of hydrogen-bond acceptors (Lipinski definition) is 4. The lowest BCUT2D eigenvalue weighted by Gasteiger charge is -2.59. The zero-order valence-corrected chi connectivity index (χ0v) is 26.5. The average Bonchev–Trinajstić information content (AvgIpc) is 3.28. The molecular formula is C33H44F6O4S. The maximum atomic E-state index is 14.0. The van der Waals surface area contributed by atoms with Gasteiger partial charge in [0, 0.05) is 12.8 Å². The molecule has 0 saturated heterocycles. The van der Waals surface area contributed by atoms with E-state index in [1.165, 1.54) is 24.3 Å². The van der Waals surface area contributed by atoms with Crippen LogP contribution in [0.4, 0.5) is 26.3 Å². The molecule has 2 N–H and O–H groups in total. The average molecular weight is 651 g/mol. The monoisotopic (exact) mass is 650 g/mol. The molecule has 3 fully saturated rings. The quantitative estimate of drug-likeness (QED) is 0.242. The van der Waals surface area contributed by atoms with E-state index in [1.54, 1.807) is 13.0 Å². The minimum absolute atomic E-state index is 0.0766. The van der Waals surface area contributed by atoms with Crippen LogP contribution in [0.2, 0.25) is 0 Å². The summed E-state index contributed by atoms with van der Waals surface area (Å²) in [6.07, 6.45) is -6.01. The van der Waals surface area contributed by atoms with Gasteiger partial charge in [-0.25, -0.2) is 8.42 Å². The number of rotatable bonds is 6. The summed E-state index contributed by atoms with van der Waals surface area (Å²) in [6.45, 7) is 6.47. The lowest BCUT2D eigenvalue weighted by atomic mass is 9.46. The van der Waals surface area contributed by atoms with Crippen LogP contribution in [0.3, 0.4) is 0 Å². The normalized spacial score (nSPS) is 38.9. The van der Waals surface area contributed by atoms with E-state index in [4.69, 9.17) is 0 Å². The first kappa shape index (κ1) is 33.8. The molecule has 11 heteroatoms. The topological polar surface area (TPSA) is 74.6 Å². The van der Waals surface area contributed by atoms with E-state index in [-0.39, 0.29) is 46.8 Å². The highest BCUT2D eigenvalue weighted by Crippen LogP contribution is 2.68. The van der Waals surface area contributed by atoms with Gasteiger partial charge in [0.25, 0.3) is 0 Å². The smallest absolute Gasteiger partial charge is 0.381 e. The van der Waals surface area contributed by atoms with Gasteiger partial charge < -0.3 is 10.2 Å². The Morgan fingerprint density at radius 1 is 0.955 bits per heavy atom. The molecule has 44 heavy (non-hydrogen) atoms. The second-order valence-electron chi connectivity index (χ2n) is 14.9. The lowest BCUT2D eigenvalue weighted by molar-refractivity contribution is -0.271. The van der Waals surface area contributed by atoms with Crippen LogP contribution in [0.25, 0.3) is 0 Å². The van der Waals surface area contributed by atoms with E-state index in [0.29, 0.717) is 31.8 Å². The third-order valence-corrected chi connectivity index (χ3v) is 15.0. The molecule has 4 aliphatic rings. The van der Waals surface area contributed by atoms with Crippen LogP contribution < -0.4 is 0 Å². The molecule has 1 aromatic carbocycles. The van der Waals surface area contributed by atoms with Crippen molar-refractivity contribution in [1.82, 2.24) is 0 Å². The van der Waals surface area contributed by atoms with Gasteiger partial charge >= 0.3 is 12.4 Å². The van der Waals surface area contributed by atoms with Crippen molar-refractivity contribution in [3.8, 4) is 0 Å². The molecule has 0 aromatic heterocycles. The Labute approximate surface area is 256 Å². The Balaban J connectivity index is 1.45. The van der Waals surface area contributed by atoms with Crippen LogP contribution >= 0.6 is 0 Å². The fraction of sp³-hybridized carbons (Fsp3) is 0.758. The molecule has 1 aromatic rings. The summed E-state index contributed by atoms with van der Waals surface area (Å²) in [5.41, 5.74) is -6.12. The molecule has 5 rings (SSSR count). The van der Waals surface area contributed by atoms with E-state index in [2.05, 4.69) is 6.92 Å². The molecule has 0 aliphatic heterocycles. The molecular weight excluding hydrogens is 606 g/mol. The van der Waals surface area contributed by atoms with Gasteiger partial charge in [0.1, 0.15) is 0 Å². The summed E-state index contributed by atoms with van der Waals surface area (Å²) in [5, 5.41) is 19.5. The predicted octanol–water partition coefficient (Wildman–Crippen LogP) is 8.04. The molecule has 248 valence electrons. The number of sulfone groups is 1. The van der Waals surface area contributed by atoms with Gasteiger partial charge in [-0.15, -0.1) is 0 Å². The van der Waals surface area contributed by atoms with Crippen LogP contribution in [0.15, 0.2) is 46.9 Å². The third-order valence-electron chi connectivity index (χ3n) is 12.7. The van der Waals surface area contributed by atoms with Crippen LogP contribution in [0.1, 0.15) is 85.5 Å². The van der Waals surface area contributed by atoms with Gasteiger partial charge in [-0.3, -0.25) is 0 Å². The summed E-state index contributed by atoms with van der Waals surface area (Å²) in [5.74, 6) is -0.514. The number of aliphatic hydroxyl groups is 2. The summed E-state index contributed by atoms with van der Waals surface area (Å²) < 4.78 is 111. The van der Waals surface area contributed by atoms with Gasteiger partial charge in [0.15, 0.2) is 21.0 Å². The summed E-state index contributed by atoms with van der Waals surface area (Å²) in [4.78, 5) is -0.0766. The van der Waals surface area contributed by atoms with Gasteiger partial charge in [0.05, 0.1) is 10.1 Å². The molecule has 0 bridgehead atoms. The first-order valence-electron chi connectivity index (χ1n) is 15.7. The molecule has 4 nitrogen and oxygen atoms in total. The van der Waals surface area contributed by atoms with Crippen molar-refractivity contribution in [3.63, 3.8) is 0 Å². The Kier molecular flexibility index (Phi) is 8.23. The van der Waals surface area contributed by atoms with Gasteiger partial charge in [-0.2, -0.15) is 26.3 Å². The molecule has 3 saturated carbocycles. The summed E-state index contributed by atoms with van der Waals surface area (Å²) >= 11 is 0. The zero-order chi connectivity index (χ0) is 32.7. The molecule has 0 amide bonds. The van der Waals surface area contributed by atoms with Gasteiger partial charge in [-0.05, 0) is 104 Å². The van der Waals surface area contributed by atoms with Crippen molar-refractivity contribution in [2.45, 2.75) is 119 Å². The van der Waals surface area contributed by atoms with E-state index in [1.807, 2.05) is 13.0 Å². The van der Waals surface area contributed by atoms with Crippen molar-refractivity contribution in [1.29, 1.82) is 0 Å². The largest absolute Gasteiger partial charge is 0.417 e. The number of benzene rings is 1. The van der Waals surface area contributed by atoms with Gasteiger partial charge in [-0.1, -0.05) is 50.6 Å². The molecule has 0 radical (unpaired) electrons. The molecule has 2 unspecified atom stereocenters. The summed E-state index contributed by atoms with van der Waals surface area (Å²) in [7, 11) is -4.25. The number of halogens is 6. The SMILES string of the molecule is C[C@H](C(CC(C)(O)C(F)(F)F)S(=O)(=O)c1ccccc1)[C@H]1CC[C@H]2[C@@H]3CC=C4C[C@](O)(C(F)(F)F)CC[C@]4(C)[C@H]3CC[C@]12C. The number of allylic oxidation sites excluding steroid dienone is 1. The molecule has 0 heterocycles. The standard InChI is InChI=1S/C33H44F6O4S/c1-20(27(19-30(4,40)32(34,35)36)44(42,43)22-8-6-5-7-9-22)24-12-13-25-23-11-10-21-18-31(41,33(37,38)39)17-16-28(21,2)26(23)14-15-29(24,25)3/h5-10,20,23-27,40-41H,11-19H2,1-4H3/t20-,23-,24+,25-,26-,27?,28-,29+,30?,31-/m0/s1. The van der Waals surface area contributed by atoms with Crippen molar-refractivity contribution < 1.29 is 45.0 Å². The second-order valence-corrected chi connectivity index (χ2v) is 17.1. The van der Waals surface area contributed by atoms with Crippen molar-refractivity contribution >= 4 is 9.84 Å². The first-order chi connectivity index (χ1) is 20.1. The van der Waals surface area contributed by atoms with Gasteiger partial charge in [0.2, 0.25) is 0 Å². The number of alkyl halides is 6. The second kappa shape index (κ2) is 10.7. The lowest BCUT2D eigenvalue weighted by Crippen LogP contribution is -2.56. The van der Waals surface area contributed by atoms with Crippen molar-refractivity contribution in [2.24, 2.45) is 40.4 Å². The van der Waals surface area contributed by atoms with Crippen LogP contribution in [-0.4, -0.2) is 47.4 Å². The molecule has 0 spiro atoms. The Morgan fingerprint density at radius 3 is 2.18 bits per heavy atom.